The Balaban J connectivity index is 1.61. The van der Waals surface area contributed by atoms with E-state index in [1.54, 1.807) is 61.8 Å². The second-order valence-electron chi connectivity index (χ2n) is 7.85. The van der Waals surface area contributed by atoms with Crippen LogP contribution in [0.5, 0.6) is 17.2 Å². The number of thiophene rings is 1. The number of methoxy groups -OCH3 is 3. The van der Waals surface area contributed by atoms with Crippen molar-refractivity contribution in [2.75, 3.05) is 21.3 Å². The van der Waals surface area contributed by atoms with Gasteiger partial charge in [0.2, 0.25) is 0 Å². The van der Waals surface area contributed by atoms with E-state index >= 15 is 0 Å². The zero-order valence-corrected chi connectivity index (χ0v) is 21.0. The first-order valence-electron chi connectivity index (χ1n) is 10.8. The van der Waals surface area contributed by atoms with E-state index in [0.717, 1.165) is 33.0 Å². The van der Waals surface area contributed by atoms with E-state index in [1.807, 2.05) is 41.8 Å². The van der Waals surface area contributed by atoms with Crippen LogP contribution < -0.4 is 14.2 Å². The molecule has 1 aliphatic rings. The molecule has 0 saturated carbocycles. The molecule has 0 saturated heterocycles. The molecule has 0 spiro atoms. The third-order valence-electron chi connectivity index (χ3n) is 5.91. The van der Waals surface area contributed by atoms with Crippen molar-refractivity contribution in [3.05, 3.63) is 82.9 Å². The van der Waals surface area contributed by atoms with Gasteiger partial charge in [0.15, 0.2) is 11.5 Å². The SMILES string of the molecule is COc1ccc(C(=O)N2Cc3nc(-c4cccs4)cc(-c4ccc(OC)c(OC)c4)c3C2=S)cc1. The largest absolute Gasteiger partial charge is 0.497 e. The summed E-state index contributed by atoms with van der Waals surface area (Å²) in [5.74, 6) is 1.76. The number of nitrogens with zero attached hydrogens (tertiary/aromatic N) is 2. The molecule has 176 valence electrons. The van der Waals surface area contributed by atoms with Gasteiger partial charge in [-0.05, 0) is 65.0 Å². The van der Waals surface area contributed by atoms with Crippen molar-refractivity contribution in [2.24, 2.45) is 0 Å². The van der Waals surface area contributed by atoms with E-state index in [1.165, 1.54) is 0 Å². The molecule has 0 N–H and O–H groups in total. The molecule has 0 fully saturated rings. The van der Waals surface area contributed by atoms with Crippen LogP contribution in [0.2, 0.25) is 0 Å². The lowest BCUT2D eigenvalue weighted by atomic mass is 9.98. The summed E-state index contributed by atoms with van der Waals surface area (Å²) < 4.78 is 16.2. The van der Waals surface area contributed by atoms with Crippen LogP contribution in [0.1, 0.15) is 21.6 Å². The van der Waals surface area contributed by atoms with Crippen molar-refractivity contribution in [1.82, 2.24) is 9.88 Å². The Morgan fingerprint density at radius 2 is 1.74 bits per heavy atom. The van der Waals surface area contributed by atoms with Gasteiger partial charge in [0.25, 0.3) is 5.91 Å². The normalized spacial score (nSPS) is 12.4. The summed E-state index contributed by atoms with van der Waals surface area (Å²) in [6.07, 6.45) is 0. The molecule has 0 bridgehead atoms. The van der Waals surface area contributed by atoms with Crippen molar-refractivity contribution in [2.45, 2.75) is 6.54 Å². The molecule has 1 amide bonds. The van der Waals surface area contributed by atoms with E-state index in [9.17, 15) is 4.79 Å². The van der Waals surface area contributed by atoms with E-state index < -0.39 is 0 Å². The molecule has 1 aliphatic heterocycles. The predicted molar refractivity (Wildman–Crippen MR) is 141 cm³/mol. The van der Waals surface area contributed by atoms with Crippen molar-refractivity contribution in [3.8, 4) is 38.9 Å². The molecule has 8 heteroatoms. The molecular weight excluding hydrogens is 480 g/mol. The Morgan fingerprint density at radius 1 is 0.971 bits per heavy atom. The lowest BCUT2D eigenvalue weighted by Crippen LogP contribution is -2.30. The minimum Gasteiger partial charge on any atom is -0.497 e. The standard InChI is InChI=1S/C27H22N2O4S2/c1-31-18-9-6-16(7-10-18)26(30)29-15-21-25(27(29)34)19(14-20(28-21)24-5-4-12-35-24)17-8-11-22(32-2)23(13-17)33-3/h4-14H,15H2,1-3H3. The highest BCUT2D eigenvalue weighted by Crippen LogP contribution is 2.40. The van der Waals surface area contributed by atoms with E-state index in [0.29, 0.717) is 34.3 Å². The quantitative estimate of drug-likeness (QED) is 0.309. The highest BCUT2D eigenvalue weighted by molar-refractivity contribution is 7.80. The van der Waals surface area contributed by atoms with Gasteiger partial charge in [0.1, 0.15) is 10.7 Å². The maximum Gasteiger partial charge on any atom is 0.259 e. The molecule has 0 aliphatic carbocycles. The summed E-state index contributed by atoms with van der Waals surface area (Å²) in [4.78, 5) is 21.4. The highest BCUT2D eigenvalue weighted by Gasteiger charge is 2.34. The van der Waals surface area contributed by atoms with E-state index in [-0.39, 0.29) is 5.91 Å². The molecule has 35 heavy (non-hydrogen) atoms. The number of carbonyl (C=O) groups is 1. The number of carbonyl (C=O) groups excluding carboxylic acids is 1. The van der Waals surface area contributed by atoms with Crippen LogP contribution >= 0.6 is 23.6 Å². The number of hydrogen-bond acceptors (Lipinski definition) is 7. The topological polar surface area (TPSA) is 60.9 Å². The van der Waals surface area contributed by atoms with Gasteiger partial charge in [0.05, 0.1) is 44.1 Å². The number of pyridine rings is 1. The van der Waals surface area contributed by atoms with Gasteiger partial charge in [-0.1, -0.05) is 24.4 Å². The first kappa shape index (κ1) is 23.0. The summed E-state index contributed by atoms with van der Waals surface area (Å²) in [6, 6.07) is 18.8. The maximum atomic E-state index is 13.4. The summed E-state index contributed by atoms with van der Waals surface area (Å²) in [5.41, 5.74) is 4.73. The second-order valence-corrected chi connectivity index (χ2v) is 9.18. The van der Waals surface area contributed by atoms with E-state index in [4.69, 9.17) is 31.4 Å². The summed E-state index contributed by atoms with van der Waals surface area (Å²) in [6.45, 7) is 0.304. The van der Waals surface area contributed by atoms with Crippen molar-refractivity contribution in [3.63, 3.8) is 0 Å². The second kappa shape index (κ2) is 9.48. The van der Waals surface area contributed by atoms with Gasteiger partial charge in [-0.15, -0.1) is 11.3 Å². The smallest absolute Gasteiger partial charge is 0.259 e. The molecule has 0 unspecified atom stereocenters. The van der Waals surface area contributed by atoms with Gasteiger partial charge in [-0.3, -0.25) is 9.69 Å². The molecular formula is C27H22N2O4S2. The highest BCUT2D eigenvalue weighted by atomic mass is 32.1. The Hall–Kier alpha value is -3.75. The van der Waals surface area contributed by atoms with Gasteiger partial charge in [-0.25, -0.2) is 4.98 Å². The van der Waals surface area contributed by atoms with Crippen LogP contribution in [0.25, 0.3) is 21.7 Å². The zero-order valence-electron chi connectivity index (χ0n) is 19.4. The fourth-order valence-electron chi connectivity index (χ4n) is 4.14. The van der Waals surface area contributed by atoms with Crippen molar-refractivity contribution < 1.29 is 19.0 Å². The van der Waals surface area contributed by atoms with Crippen molar-refractivity contribution in [1.29, 1.82) is 0 Å². The van der Waals surface area contributed by atoms with E-state index in [2.05, 4.69) is 0 Å². The van der Waals surface area contributed by atoms with Crippen LogP contribution in [0.4, 0.5) is 0 Å². The number of fused-ring (bicyclic) bond motifs is 1. The molecule has 3 heterocycles. The van der Waals surface area contributed by atoms with Crippen LogP contribution in [0, 0.1) is 0 Å². The molecule has 2 aromatic carbocycles. The van der Waals surface area contributed by atoms with Gasteiger partial charge < -0.3 is 14.2 Å². The monoisotopic (exact) mass is 502 g/mol. The minimum absolute atomic E-state index is 0.174. The van der Waals surface area contributed by atoms with Crippen LogP contribution in [0.3, 0.4) is 0 Å². The predicted octanol–water partition coefficient (Wildman–Crippen LogP) is 5.83. The Kier molecular flexibility index (Phi) is 6.23. The fourth-order valence-corrected chi connectivity index (χ4v) is 5.20. The lowest BCUT2D eigenvalue weighted by Gasteiger charge is -2.17. The molecule has 0 radical (unpaired) electrons. The lowest BCUT2D eigenvalue weighted by molar-refractivity contribution is 0.0847. The third kappa shape index (κ3) is 4.15. The summed E-state index contributed by atoms with van der Waals surface area (Å²) >= 11 is 7.46. The number of benzene rings is 2. The van der Waals surface area contributed by atoms with Crippen molar-refractivity contribution >= 4 is 34.5 Å². The molecule has 2 aromatic heterocycles. The fraction of sp³-hybridized carbons (Fsp3) is 0.148. The number of rotatable bonds is 6. The molecule has 0 atom stereocenters. The summed E-state index contributed by atoms with van der Waals surface area (Å²) in [7, 11) is 4.81. The Labute approximate surface area is 212 Å². The summed E-state index contributed by atoms with van der Waals surface area (Å²) in [5, 5.41) is 2.02. The zero-order chi connectivity index (χ0) is 24.5. The number of hydrogen-bond donors (Lipinski definition) is 0. The average molecular weight is 503 g/mol. The van der Waals surface area contributed by atoms with Crippen LogP contribution in [0.15, 0.2) is 66.0 Å². The molecule has 5 rings (SSSR count). The van der Waals surface area contributed by atoms with Crippen LogP contribution in [-0.4, -0.2) is 42.1 Å². The molecule has 6 nitrogen and oxygen atoms in total. The number of amides is 1. The van der Waals surface area contributed by atoms with Gasteiger partial charge in [0, 0.05) is 11.1 Å². The van der Waals surface area contributed by atoms with Crippen LogP contribution in [-0.2, 0) is 6.54 Å². The first-order chi connectivity index (χ1) is 17.0. The Bertz CT molecular complexity index is 1420. The van der Waals surface area contributed by atoms with Gasteiger partial charge in [-0.2, -0.15) is 0 Å². The first-order valence-corrected chi connectivity index (χ1v) is 12.1. The number of thiocarbonyl (C=S) groups is 1. The average Bonchev–Trinajstić information content (AvgIpc) is 3.56. The number of aromatic nitrogens is 1. The number of ether oxygens (including phenoxy) is 3. The Morgan fingerprint density at radius 3 is 2.40 bits per heavy atom. The minimum atomic E-state index is -0.174. The van der Waals surface area contributed by atoms with Gasteiger partial charge >= 0.3 is 0 Å². The molecule has 4 aromatic rings. The maximum absolute atomic E-state index is 13.4. The third-order valence-corrected chi connectivity index (χ3v) is 7.23.